The van der Waals surface area contributed by atoms with E-state index in [1.54, 1.807) is 6.92 Å². The molecule has 0 radical (unpaired) electrons. The zero-order chi connectivity index (χ0) is 12.8. The Bertz CT molecular complexity index is 363. The summed E-state index contributed by atoms with van der Waals surface area (Å²) in [5, 5.41) is 13.6. The summed E-state index contributed by atoms with van der Waals surface area (Å²) in [6, 6.07) is 0. The van der Waals surface area contributed by atoms with Gasteiger partial charge in [-0.3, -0.25) is 4.79 Å². The van der Waals surface area contributed by atoms with Crippen LogP contribution in [0.3, 0.4) is 0 Å². The average molecular weight is 251 g/mol. The van der Waals surface area contributed by atoms with Crippen molar-refractivity contribution in [2.75, 3.05) is 18.6 Å². The number of nitrogens with zero attached hydrogens (tertiary/aromatic N) is 1. The van der Waals surface area contributed by atoms with Gasteiger partial charge in [-0.05, 0) is 6.42 Å². The molecule has 0 aliphatic heterocycles. The summed E-state index contributed by atoms with van der Waals surface area (Å²) >= 11 is 0. The lowest BCUT2D eigenvalue weighted by molar-refractivity contribution is -0.123. The van der Waals surface area contributed by atoms with E-state index in [4.69, 9.17) is 10.9 Å². The number of nitrogens with one attached hydrogen (secondary N) is 1. The van der Waals surface area contributed by atoms with E-state index in [9.17, 15) is 13.2 Å². The predicted molar refractivity (Wildman–Crippen MR) is 59.9 cm³/mol. The second-order valence-electron chi connectivity index (χ2n) is 3.41. The molecule has 1 atom stereocenters. The maximum atomic E-state index is 11.5. The zero-order valence-corrected chi connectivity index (χ0v) is 10.1. The fourth-order valence-electron chi connectivity index (χ4n) is 1.08. The number of nitrogens with two attached hydrogens (primary N) is 1. The van der Waals surface area contributed by atoms with E-state index in [1.807, 2.05) is 0 Å². The third-order valence-electron chi connectivity index (χ3n) is 1.97. The van der Waals surface area contributed by atoms with Crippen LogP contribution in [0.2, 0.25) is 0 Å². The maximum absolute atomic E-state index is 11.5. The first kappa shape index (κ1) is 14.7. The van der Waals surface area contributed by atoms with Gasteiger partial charge < -0.3 is 16.3 Å². The van der Waals surface area contributed by atoms with E-state index < -0.39 is 21.7 Å². The van der Waals surface area contributed by atoms with Gasteiger partial charge in [0, 0.05) is 12.8 Å². The predicted octanol–water partition coefficient (Wildman–Crippen LogP) is -1.08. The third kappa shape index (κ3) is 5.54. The van der Waals surface area contributed by atoms with Crippen molar-refractivity contribution in [2.24, 2.45) is 16.8 Å². The number of rotatable bonds is 6. The molecule has 0 bridgehead atoms. The normalized spacial score (nSPS) is 14.5. The van der Waals surface area contributed by atoms with Gasteiger partial charge in [0.1, 0.15) is 9.84 Å². The molecule has 0 saturated carbocycles. The van der Waals surface area contributed by atoms with Gasteiger partial charge >= 0.3 is 0 Å². The van der Waals surface area contributed by atoms with E-state index in [0.717, 1.165) is 6.26 Å². The fraction of sp³-hybridized carbons (Fsp3) is 0.750. The van der Waals surface area contributed by atoms with Gasteiger partial charge in [-0.25, -0.2) is 8.42 Å². The van der Waals surface area contributed by atoms with Gasteiger partial charge in [0.2, 0.25) is 5.91 Å². The summed E-state index contributed by atoms with van der Waals surface area (Å²) in [7, 11) is -3.10. The molecule has 1 amide bonds. The molecule has 0 aliphatic carbocycles. The Hall–Kier alpha value is -1.31. The van der Waals surface area contributed by atoms with Gasteiger partial charge in [0.15, 0.2) is 5.84 Å². The molecule has 0 rings (SSSR count). The number of hydrogen-bond donors (Lipinski definition) is 3. The molecule has 0 aromatic carbocycles. The number of carbonyl (C=O) groups is 1. The van der Waals surface area contributed by atoms with Crippen molar-refractivity contribution in [1.29, 1.82) is 0 Å². The lowest BCUT2D eigenvalue weighted by Crippen LogP contribution is -2.40. The SMILES string of the molecule is CCC(C(=O)NCCS(C)(=O)=O)C(N)=NO. The van der Waals surface area contributed by atoms with Crippen molar-refractivity contribution in [3.63, 3.8) is 0 Å². The van der Waals surface area contributed by atoms with Crippen molar-refractivity contribution < 1.29 is 18.4 Å². The quantitative estimate of drug-likeness (QED) is 0.240. The molecule has 0 aromatic rings. The summed E-state index contributed by atoms with van der Waals surface area (Å²) in [5.41, 5.74) is 5.31. The Labute approximate surface area is 94.6 Å². The smallest absolute Gasteiger partial charge is 0.230 e. The number of oxime groups is 1. The van der Waals surface area contributed by atoms with E-state index >= 15 is 0 Å². The van der Waals surface area contributed by atoms with Crippen molar-refractivity contribution in [1.82, 2.24) is 5.32 Å². The first-order chi connectivity index (χ1) is 7.31. The minimum Gasteiger partial charge on any atom is -0.409 e. The number of amides is 1. The minimum absolute atomic E-state index is 0.0207. The summed E-state index contributed by atoms with van der Waals surface area (Å²) < 4.78 is 21.6. The van der Waals surface area contributed by atoms with Crippen LogP contribution in [0, 0.1) is 5.92 Å². The molecule has 16 heavy (non-hydrogen) atoms. The number of amidine groups is 1. The molecular weight excluding hydrogens is 234 g/mol. The Morgan fingerprint density at radius 3 is 2.50 bits per heavy atom. The number of sulfone groups is 1. The first-order valence-corrected chi connectivity index (χ1v) is 6.80. The van der Waals surface area contributed by atoms with Crippen LogP contribution in [0.5, 0.6) is 0 Å². The van der Waals surface area contributed by atoms with E-state index in [-0.39, 0.29) is 18.1 Å². The summed E-state index contributed by atoms with van der Waals surface area (Å²) in [4.78, 5) is 11.5. The van der Waals surface area contributed by atoms with Crippen molar-refractivity contribution in [3.8, 4) is 0 Å². The molecule has 8 heteroatoms. The van der Waals surface area contributed by atoms with Crippen LogP contribution in [0.15, 0.2) is 5.16 Å². The van der Waals surface area contributed by atoms with E-state index in [2.05, 4.69) is 10.5 Å². The minimum atomic E-state index is -3.10. The largest absolute Gasteiger partial charge is 0.409 e. The number of hydrogen-bond acceptors (Lipinski definition) is 5. The molecule has 0 fully saturated rings. The van der Waals surface area contributed by atoms with Crippen LogP contribution in [0.4, 0.5) is 0 Å². The lowest BCUT2D eigenvalue weighted by Gasteiger charge is -2.12. The molecule has 0 heterocycles. The lowest BCUT2D eigenvalue weighted by atomic mass is 10.1. The molecule has 0 spiro atoms. The first-order valence-electron chi connectivity index (χ1n) is 4.74. The van der Waals surface area contributed by atoms with Crippen LogP contribution in [0.1, 0.15) is 13.3 Å². The van der Waals surface area contributed by atoms with Gasteiger partial charge in [0.05, 0.1) is 11.7 Å². The summed E-state index contributed by atoms with van der Waals surface area (Å²) in [6.07, 6.45) is 1.46. The Kier molecular flexibility index (Phi) is 5.79. The molecule has 0 aliphatic rings. The summed E-state index contributed by atoms with van der Waals surface area (Å²) in [6.45, 7) is 1.73. The summed E-state index contributed by atoms with van der Waals surface area (Å²) in [5.74, 6) is -1.49. The topological polar surface area (TPSA) is 122 Å². The molecule has 0 aromatic heterocycles. The molecule has 7 nitrogen and oxygen atoms in total. The Balaban J connectivity index is 4.24. The zero-order valence-electron chi connectivity index (χ0n) is 9.30. The third-order valence-corrected chi connectivity index (χ3v) is 2.92. The Morgan fingerprint density at radius 2 is 2.12 bits per heavy atom. The highest BCUT2D eigenvalue weighted by Gasteiger charge is 2.20. The van der Waals surface area contributed by atoms with Gasteiger partial charge in [0.25, 0.3) is 0 Å². The van der Waals surface area contributed by atoms with Crippen LogP contribution in [0.25, 0.3) is 0 Å². The maximum Gasteiger partial charge on any atom is 0.230 e. The molecule has 0 saturated heterocycles. The van der Waals surface area contributed by atoms with Crippen molar-refractivity contribution >= 4 is 21.6 Å². The van der Waals surface area contributed by atoms with E-state index in [0.29, 0.717) is 6.42 Å². The monoisotopic (exact) mass is 251 g/mol. The highest BCUT2D eigenvalue weighted by molar-refractivity contribution is 7.90. The second kappa shape index (κ2) is 6.31. The van der Waals surface area contributed by atoms with Gasteiger partial charge in [-0.2, -0.15) is 0 Å². The average Bonchev–Trinajstić information content (AvgIpc) is 2.16. The molecular formula is C8H17N3O4S. The fourth-order valence-corrected chi connectivity index (χ4v) is 1.55. The Morgan fingerprint density at radius 1 is 1.56 bits per heavy atom. The molecule has 1 unspecified atom stereocenters. The number of carbonyl (C=O) groups excluding carboxylic acids is 1. The van der Waals surface area contributed by atoms with Crippen LogP contribution in [-0.2, 0) is 14.6 Å². The van der Waals surface area contributed by atoms with Crippen LogP contribution >= 0.6 is 0 Å². The van der Waals surface area contributed by atoms with Gasteiger partial charge in [-0.15, -0.1) is 0 Å². The van der Waals surface area contributed by atoms with Crippen LogP contribution in [-0.4, -0.2) is 43.9 Å². The van der Waals surface area contributed by atoms with Crippen molar-refractivity contribution in [3.05, 3.63) is 0 Å². The van der Waals surface area contributed by atoms with Gasteiger partial charge in [-0.1, -0.05) is 12.1 Å². The standard InChI is InChI=1S/C8H17N3O4S/c1-3-6(7(9)11-13)8(12)10-4-5-16(2,14)15/h6,13H,3-5H2,1-2H3,(H2,9,11)(H,10,12). The molecule has 4 N–H and O–H groups in total. The van der Waals surface area contributed by atoms with E-state index in [1.165, 1.54) is 0 Å². The highest BCUT2D eigenvalue weighted by atomic mass is 32.2. The second-order valence-corrected chi connectivity index (χ2v) is 5.67. The highest BCUT2D eigenvalue weighted by Crippen LogP contribution is 2.02. The van der Waals surface area contributed by atoms with Crippen molar-refractivity contribution in [2.45, 2.75) is 13.3 Å². The molecule has 94 valence electrons. The van der Waals surface area contributed by atoms with Crippen LogP contribution < -0.4 is 11.1 Å².